The normalized spacial score (nSPS) is 14.8. The van der Waals surface area contributed by atoms with Crippen LogP contribution in [0.15, 0.2) is 55.0 Å². The summed E-state index contributed by atoms with van der Waals surface area (Å²) in [6.45, 7) is 4.37. The number of carbonyl (C=O) groups excluding carboxylic acids is 1. The average Bonchev–Trinajstić information content (AvgIpc) is 3.21. The number of ether oxygens (including phenoxy) is 1. The van der Waals surface area contributed by atoms with Crippen LogP contribution in [0.4, 0.5) is 5.69 Å². The third-order valence-corrected chi connectivity index (χ3v) is 4.88. The number of nitrogens with one attached hydrogen (secondary N) is 1. The van der Waals surface area contributed by atoms with Crippen molar-refractivity contribution in [2.45, 2.75) is 6.54 Å². The van der Waals surface area contributed by atoms with Gasteiger partial charge in [-0.05, 0) is 29.8 Å². The fourth-order valence-corrected chi connectivity index (χ4v) is 3.30. The van der Waals surface area contributed by atoms with Crippen LogP contribution in [0.3, 0.4) is 0 Å². The molecule has 0 radical (unpaired) electrons. The van der Waals surface area contributed by atoms with Gasteiger partial charge in [-0.1, -0.05) is 17.3 Å². The van der Waals surface area contributed by atoms with Crippen LogP contribution in [0.25, 0.3) is 17.3 Å². The quantitative estimate of drug-likeness (QED) is 0.635. The van der Waals surface area contributed by atoms with Gasteiger partial charge in [0.25, 0.3) is 0 Å². The molecule has 3 heterocycles. The van der Waals surface area contributed by atoms with Gasteiger partial charge in [0.2, 0.25) is 5.91 Å². The molecule has 3 aromatic rings. The second-order valence-electron chi connectivity index (χ2n) is 7.15. The minimum Gasteiger partial charge on any atom is -0.379 e. The van der Waals surface area contributed by atoms with E-state index in [2.05, 4.69) is 25.5 Å². The fourth-order valence-electron chi connectivity index (χ4n) is 3.30. The van der Waals surface area contributed by atoms with Crippen LogP contribution in [0, 0.1) is 0 Å². The highest BCUT2D eigenvalue weighted by Crippen LogP contribution is 2.21. The zero-order chi connectivity index (χ0) is 20.8. The number of amides is 1. The molecular weight excluding hydrogens is 380 g/mol. The lowest BCUT2D eigenvalue weighted by Gasteiger charge is -2.26. The molecule has 1 aliphatic rings. The van der Waals surface area contributed by atoms with E-state index in [1.54, 1.807) is 23.2 Å². The maximum absolute atomic E-state index is 12.4. The number of pyridine rings is 1. The lowest BCUT2D eigenvalue weighted by Crippen LogP contribution is -2.35. The summed E-state index contributed by atoms with van der Waals surface area (Å²) in [6, 6.07) is 9.80. The predicted molar refractivity (Wildman–Crippen MR) is 114 cm³/mol. The predicted octanol–water partition coefficient (Wildman–Crippen LogP) is 2.36. The molecule has 1 aliphatic heterocycles. The van der Waals surface area contributed by atoms with E-state index >= 15 is 0 Å². The number of rotatable bonds is 6. The molecule has 1 fully saturated rings. The minimum absolute atomic E-state index is 0.204. The molecule has 0 saturated carbocycles. The summed E-state index contributed by atoms with van der Waals surface area (Å²) in [7, 11) is 1.81. The average molecular weight is 404 g/mol. The first-order valence-electron chi connectivity index (χ1n) is 9.86. The van der Waals surface area contributed by atoms with E-state index in [1.165, 1.54) is 11.6 Å². The molecule has 0 spiro atoms. The van der Waals surface area contributed by atoms with E-state index in [0.29, 0.717) is 0 Å². The van der Waals surface area contributed by atoms with Crippen molar-refractivity contribution in [3.05, 3.63) is 66.1 Å². The number of aromatic nitrogens is 4. The molecule has 0 aliphatic carbocycles. The minimum atomic E-state index is -0.204. The van der Waals surface area contributed by atoms with E-state index in [1.807, 2.05) is 43.6 Å². The van der Waals surface area contributed by atoms with Gasteiger partial charge in [0.1, 0.15) is 5.69 Å². The van der Waals surface area contributed by atoms with Crippen LogP contribution >= 0.6 is 0 Å². The van der Waals surface area contributed by atoms with Crippen LogP contribution < -0.4 is 5.32 Å². The molecule has 4 rings (SSSR count). The Bertz CT molecular complexity index is 1020. The topological polar surface area (TPSA) is 85.2 Å². The highest BCUT2D eigenvalue weighted by Gasteiger charge is 2.11. The van der Waals surface area contributed by atoms with Crippen molar-refractivity contribution < 1.29 is 9.53 Å². The Morgan fingerprint density at radius 3 is 2.73 bits per heavy atom. The van der Waals surface area contributed by atoms with E-state index < -0.39 is 0 Å². The van der Waals surface area contributed by atoms with Crippen LogP contribution in [0.5, 0.6) is 0 Å². The SMILES string of the molecule is Cn1cc(-c2ccncc2C=CC(=O)Nc2ccc(CN3CCOCC3)cc2)nn1. The Morgan fingerprint density at radius 1 is 1.20 bits per heavy atom. The monoisotopic (exact) mass is 404 g/mol. The van der Waals surface area contributed by atoms with E-state index in [-0.39, 0.29) is 5.91 Å². The van der Waals surface area contributed by atoms with Crippen molar-refractivity contribution in [1.29, 1.82) is 0 Å². The second-order valence-corrected chi connectivity index (χ2v) is 7.15. The van der Waals surface area contributed by atoms with E-state index in [0.717, 1.165) is 55.4 Å². The number of hydrogen-bond acceptors (Lipinski definition) is 6. The summed E-state index contributed by atoms with van der Waals surface area (Å²) in [5, 5.41) is 11.0. The van der Waals surface area contributed by atoms with Gasteiger partial charge in [0.05, 0.1) is 19.4 Å². The molecule has 1 N–H and O–H groups in total. The molecule has 0 atom stereocenters. The molecule has 1 aromatic carbocycles. The van der Waals surface area contributed by atoms with Crippen molar-refractivity contribution in [3.63, 3.8) is 0 Å². The molecule has 0 bridgehead atoms. The zero-order valence-corrected chi connectivity index (χ0v) is 16.9. The number of anilines is 1. The van der Waals surface area contributed by atoms with Gasteiger partial charge in [0, 0.05) is 62.0 Å². The van der Waals surface area contributed by atoms with Gasteiger partial charge in [-0.2, -0.15) is 0 Å². The highest BCUT2D eigenvalue weighted by atomic mass is 16.5. The lowest BCUT2D eigenvalue weighted by molar-refractivity contribution is -0.111. The molecule has 1 amide bonds. The Kier molecular flexibility index (Phi) is 6.26. The van der Waals surface area contributed by atoms with Crippen molar-refractivity contribution in [3.8, 4) is 11.3 Å². The van der Waals surface area contributed by atoms with Gasteiger partial charge in [0.15, 0.2) is 0 Å². The maximum atomic E-state index is 12.4. The standard InChI is InChI=1S/C22H24N6O2/c1-27-16-21(25-26-27)20-8-9-23-14-18(20)4-7-22(29)24-19-5-2-17(3-6-19)15-28-10-12-30-13-11-28/h2-9,14,16H,10-13,15H2,1H3,(H,24,29). The molecule has 8 heteroatoms. The first-order chi connectivity index (χ1) is 14.7. The smallest absolute Gasteiger partial charge is 0.248 e. The molecule has 1 saturated heterocycles. The summed E-state index contributed by atoms with van der Waals surface area (Å²) in [5.41, 5.74) is 4.38. The Labute approximate surface area is 175 Å². The summed E-state index contributed by atoms with van der Waals surface area (Å²) < 4.78 is 7.02. The van der Waals surface area contributed by atoms with Gasteiger partial charge >= 0.3 is 0 Å². The third-order valence-electron chi connectivity index (χ3n) is 4.88. The molecule has 0 unspecified atom stereocenters. The Balaban J connectivity index is 1.37. The Morgan fingerprint density at radius 2 is 2.00 bits per heavy atom. The summed E-state index contributed by atoms with van der Waals surface area (Å²) in [4.78, 5) is 18.9. The summed E-state index contributed by atoms with van der Waals surface area (Å²) in [5.74, 6) is -0.204. The summed E-state index contributed by atoms with van der Waals surface area (Å²) in [6.07, 6.45) is 8.46. The van der Waals surface area contributed by atoms with Crippen molar-refractivity contribution >= 4 is 17.7 Å². The summed E-state index contributed by atoms with van der Waals surface area (Å²) >= 11 is 0. The number of hydrogen-bond donors (Lipinski definition) is 1. The van der Waals surface area contributed by atoms with Crippen LogP contribution in [-0.4, -0.2) is 57.1 Å². The number of carbonyl (C=O) groups is 1. The lowest BCUT2D eigenvalue weighted by atomic mass is 10.1. The number of nitrogens with zero attached hydrogens (tertiary/aromatic N) is 5. The molecule has 8 nitrogen and oxygen atoms in total. The van der Waals surface area contributed by atoms with E-state index in [4.69, 9.17) is 4.74 Å². The first kappa shape index (κ1) is 19.9. The fraction of sp³-hybridized carbons (Fsp3) is 0.273. The first-order valence-corrected chi connectivity index (χ1v) is 9.86. The highest BCUT2D eigenvalue weighted by molar-refractivity contribution is 6.02. The van der Waals surface area contributed by atoms with Gasteiger partial charge in [-0.3, -0.25) is 19.4 Å². The van der Waals surface area contributed by atoms with Crippen LogP contribution in [-0.2, 0) is 23.1 Å². The second kappa shape index (κ2) is 9.43. The van der Waals surface area contributed by atoms with Crippen molar-refractivity contribution in [2.24, 2.45) is 7.05 Å². The van der Waals surface area contributed by atoms with Gasteiger partial charge in [-0.25, -0.2) is 0 Å². The van der Waals surface area contributed by atoms with Crippen LogP contribution in [0.1, 0.15) is 11.1 Å². The third kappa shape index (κ3) is 5.16. The Hall–Kier alpha value is -3.36. The molecular formula is C22H24N6O2. The number of morpholine rings is 1. The molecule has 2 aromatic heterocycles. The van der Waals surface area contributed by atoms with Crippen molar-refractivity contribution in [2.75, 3.05) is 31.6 Å². The van der Waals surface area contributed by atoms with Crippen LogP contribution in [0.2, 0.25) is 0 Å². The number of aryl methyl sites for hydroxylation is 1. The largest absolute Gasteiger partial charge is 0.379 e. The van der Waals surface area contributed by atoms with Gasteiger partial charge < -0.3 is 10.1 Å². The maximum Gasteiger partial charge on any atom is 0.248 e. The van der Waals surface area contributed by atoms with Crippen molar-refractivity contribution in [1.82, 2.24) is 24.9 Å². The number of benzene rings is 1. The molecule has 30 heavy (non-hydrogen) atoms. The zero-order valence-electron chi connectivity index (χ0n) is 16.9. The molecule has 154 valence electrons. The van der Waals surface area contributed by atoms with E-state index in [9.17, 15) is 4.79 Å². The van der Waals surface area contributed by atoms with Gasteiger partial charge in [-0.15, -0.1) is 5.10 Å².